The van der Waals surface area contributed by atoms with Crippen molar-refractivity contribution >= 4 is 11.9 Å². The Labute approximate surface area is 155 Å². The summed E-state index contributed by atoms with van der Waals surface area (Å²) in [6, 6.07) is 11.5. The first kappa shape index (κ1) is 19.6. The largest absolute Gasteiger partial charge is 0.493 e. The lowest BCUT2D eigenvalue weighted by atomic mass is 9.87. The van der Waals surface area contributed by atoms with E-state index in [1.165, 1.54) is 26.9 Å². The molecule has 0 aromatic heterocycles. The molecule has 2 aromatic carbocycles. The quantitative estimate of drug-likeness (QED) is 0.546. The third-order valence-electron chi connectivity index (χ3n) is 4.15. The van der Waals surface area contributed by atoms with E-state index in [-0.39, 0.29) is 11.2 Å². The zero-order valence-corrected chi connectivity index (χ0v) is 16.3. The Bertz CT molecular complexity index is 771. The van der Waals surface area contributed by atoms with Crippen molar-refractivity contribution in [1.82, 2.24) is 0 Å². The molecule has 138 valence electrons. The van der Waals surface area contributed by atoms with E-state index in [1.54, 1.807) is 24.3 Å². The number of benzene rings is 2. The van der Waals surface area contributed by atoms with Crippen molar-refractivity contribution in [1.29, 1.82) is 0 Å². The first-order valence-corrected chi connectivity index (χ1v) is 8.43. The van der Waals surface area contributed by atoms with Crippen LogP contribution < -0.4 is 14.2 Å². The first-order chi connectivity index (χ1) is 12.3. The second kappa shape index (κ2) is 8.09. The van der Waals surface area contributed by atoms with Crippen LogP contribution in [0.25, 0.3) is 6.08 Å². The van der Waals surface area contributed by atoms with E-state index in [0.717, 1.165) is 5.56 Å². The number of allylic oxidation sites excluding steroid dienone is 1. The fourth-order valence-electron chi connectivity index (χ4n) is 2.59. The van der Waals surface area contributed by atoms with Gasteiger partial charge in [0, 0.05) is 5.56 Å². The van der Waals surface area contributed by atoms with Gasteiger partial charge in [0.25, 0.3) is 0 Å². The summed E-state index contributed by atoms with van der Waals surface area (Å²) in [6.45, 7) is 6.52. The number of carbonyl (C=O) groups excluding carboxylic acids is 1. The molecule has 0 radical (unpaired) electrons. The fraction of sp³-hybridized carbons (Fsp3) is 0.318. The predicted octanol–water partition coefficient (Wildman–Crippen LogP) is 4.91. The second-order valence-corrected chi connectivity index (χ2v) is 6.98. The van der Waals surface area contributed by atoms with Crippen molar-refractivity contribution in [2.24, 2.45) is 0 Å². The first-order valence-electron chi connectivity index (χ1n) is 8.43. The Morgan fingerprint density at radius 2 is 1.42 bits per heavy atom. The summed E-state index contributed by atoms with van der Waals surface area (Å²) < 4.78 is 15.9. The Kier molecular flexibility index (Phi) is 6.09. The van der Waals surface area contributed by atoms with Crippen LogP contribution in [0.4, 0.5) is 0 Å². The normalized spacial score (nSPS) is 11.5. The Morgan fingerprint density at radius 1 is 0.885 bits per heavy atom. The van der Waals surface area contributed by atoms with E-state index < -0.39 is 0 Å². The molecule has 0 aliphatic rings. The molecule has 0 unspecified atom stereocenters. The molecule has 4 nitrogen and oxygen atoms in total. The summed E-state index contributed by atoms with van der Waals surface area (Å²) in [5, 5.41) is 0. The van der Waals surface area contributed by atoms with Crippen LogP contribution in [0.5, 0.6) is 17.2 Å². The van der Waals surface area contributed by atoms with Gasteiger partial charge in [0.05, 0.1) is 21.3 Å². The topological polar surface area (TPSA) is 44.8 Å². The Hall–Kier alpha value is -2.75. The molecule has 0 spiro atoms. The Balaban J connectivity index is 2.25. The number of ketones is 1. The van der Waals surface area contributed by atoms with E-state index in [9.17, 15) is 4.79 Å². The van der Waals surface area contributed by atoms with E-state index in [4.69, 9.17) is 14.2 Å². The maximum Gasteiger partial charge on any atom is 0.203 e. The van der Waals surface area contributed by atoms with Crippen LogP contribution in [0.1, 0.15) is 42.3 Å². The lowest BCUT2D eigenvalue weighted by molar-refractivity contribution is 0.104. The highest BCUT2D eigenvalue weighted by Crippen LogP contribution is 2.38. The van der Waals surface area contributed by atoms with Crippen LogP contribution in [0.15, 0.2) is 42.5 Å². The zero-order chi connectivity index (χ0) is 19.3. The molecular weight excluding hydrogens is 328 g/mol. The van der Waals surface area contributed by atoms with Gasteiger partial charge in [-0.15, -0.1) is 0 Å². The molecule has 0 saturated heterocycles. The summed E-state index contributed by atoms with van der Waals surface area (Å²) in [5.74, 6) is 1.24. The molecule has 0 aliphatic carbocycles. The van der Waals surface area contributed by atoms with Gasteiger partial charge in [-0.1, -0.05) is 51.1 Å². The van der Waals surface area contributed by atoms with E-state index >= 15 is 0 Å². The molecule has 26 heavy (non-hydrogen) atoms. The molecule has 4 heteroatoms. The van der Waals surface area contributed by atoms with Gasteiger partial charge in [0.2, 0.25) is 5.75 Å². The minimum atomic E-state index is -0.135. The van der Waals surface area contributed by atoms with E-state index in [1.807, 2.05) is 12.1 Å². The summed E-state index contributed by atoms with van der Waals surface area (Å²) >= 11 is 0. The van der Waals surface area contributed by atoms with Crippen LogP contribution in [0.2, 0.25) is 0 Å². The summed E-state index contributed by atoms with van der Waals surface area (Å²) in [7, 11) is 4.58. The molecule has 0 heterocycles. The van der Waals surface area contributed by atoms with Crippen molar-refractivity contribution < 1.29 is 19.0 Å². The number of rotatable bonds is 6. The third-order valence-corrected chi connectivity index (χ3v) is 4.15. The minimum absolute atomic E-state index is 0.105. The molecular formula is C22H26O4. The maximum atomic E-state index is 12.5. The standard InChI is InChI=1S/C22H26O4/c1-22(2,3)17-10-7-15(8-11-17)9-12-18(23)16-13-19(24-4)21(26-6)20(14-16)25-5/h7-14H,1-6H3/b12-9+. The van der Waals surface area contributed by atoms with Gasteiger partial charge in [-0.25, -0.2) is 0 Å². The van der Waals surface area contributed by atoms with Crippen molar-refractivity contribution in [3.8, 4) is 17.2 Å². The molecule has 0 fully saturated rings. The molecule has 0 N–H and O–H groups in total. The van der Waals surface area contributed by atoms with E-state index in [2.05, 4.69) is 32.9 Å². The molecule has 0 amide bonds. The molecule has 2 aromatic rings. The van der Waals surface area contributed by atoms with Gasteiger partial charge in [-0.05, 0) is 34.8 Å². The van der Waals surface area contributed by atoms with Gasteiger partial charge < -0.3 is 14.2 Å². The average Bonchev–Trinajstić information content (AvgIpc) is 2.64. The number of hydrogen-bond donors (Lipinski definition) is 0. The third kappa shape index (κ3) is 4.45. The molecule has 0 aliphatic heterocycles. The molecule has 0 bridgehead atoms. The summed E-state index contributed by atoms with van der Waals surface area (Å²) in [4.78, 5) is 12.5. The molecule has 0 atom stereocenters. The minimum Gasteiger partial charge on any atom is -0.493 e. The predicted molar refractivity (Wildman–Crippen MR) is 105 cm³/mol. The Morgan fingerprint density at radius 3 is 1.85 bits per heavy atom. The lowest BCUT2D eigenvalue weighted by Crippen LogP contribution is -2.10. The van der Waals surface area contributed by atoms with Crippen LogP contribution in [-0.4, -0.2) is 27.1 Å². The SMILES string of the molecule is COc1cc(C(=O)/C=C/c2ccc(C(C)(C)C)cc2)cc(OC)c1OC. The lowest BCUT2D eigenvalue weighted by Gasteiger charge is -2.18. The highest BCUT2D eigenvalue weighted by Gasteiger charge is 2.16. The monoisotopic (exact) mass is 354 g/mol. The number of carbonyl (C=O) groups is 1. The van der Waals surface area contributed by atoms with E-state index in [0.29, 0.717) is 22.8 Å². The number of methoxy groups -OCH3 is 3. The van der Waals surface area contributed by atoms with Gasteiger partial charge in [-0.3, -0.25) is 4.79 Å². The smallest absolute Gasteiger partial charge is 0.203 e. The highest BCUT2D eigenvalue weighted by molar-refractivity contribution is 6.07. The second-order valence-electron chi connectivity index (χ2n) is 6.98. The van der Waals surface area contributed by atoms with Crippen LogP contribution in [0.3, 0.4) is 0 Å². The van der Waals surface area contributed by atoms with Crippen LogP contribution in [-0.2, 0) is 5.41 Å². The highest BCUT2D eigenvalue weighted by atomic mass is 16.5. The molecule has 0 saturated carbocycles. The number of ether oxygens (including phenoxy) is 3. The average molecular weight is 354 g/mol. The molecule has 2 rings (SSSR count). The van der Waals surface area contributed by atoms with Crippen molar-refractivity contribution in [2.75, 3.05) is 21.3 Å². The van der Waals surface area contributed by atoms with Gasteiger partial charge in [0.1, 0.15) is 0 Å². The fourth-order valence-corrected chi connectivity index (χ4v) is 2.59. The summed E-state index contributed by atoms with van der Waals surface area (Å²) in [6.07, 6.45) is 3.35. The van der Waals surface area contributed by atoms with Crippen LogP contribution >= 0.6 is 0 Å². The van der Waals surface area contributed by atoms with Crippen LogP contribution in [0, 0.1) is 0 Å². The van der Waals surface area contributed by atoms with Crippen molar-refractivity contribution in [3.63, 3.8) is 0 Å². The van der Waals surface area contributed by atoms with Gasteiger partial charge >= 0.3 is 0 Å². The van der Waals surface area contributed by atoms with Gasteiger partial charge in [-0.2, -0.15) is 0 Å². The summed E-state index contributed by atoms with van der Waals surface area (Å²) in [5.41, 5.74) is 2.81. The number of hydrogen-bond acceptors (Lipinski definition) is 4. The van der Waals surface area contributed by atoms with Crippen molar-refractivity contribution in [2.45, 2.75) is 26.2 Å². The maximum absolute atomic E-state index is 12.5. The van der Waals surface area contributed by atoms with Gasteiger partial charge in [0.15, 0.2) is 17.3 Å². The zero-order valence-electron chi connectivity index (χ0n) is 16.3. The van der Waals surface area contributed by atoms with Crippen molar-refractivity contribution in [3.05, 3.63) is 59.2 Å².